The lowest BCUT2D eigenvalue weighted by Crippen LogP contribution is -2.59. The summed E-state index contributed by atoms with van der Waals surface area (Å²) in [6, 6.07) is 6.14. The van der Waals surface area contributed by atoms with Gasteiger partial charge in [-0.1, -0.05) is 18.9 Å². The van der Waals surface area contributed by atoms with Crippen LogP contribution >= 0.6 is 0 Å². The van der Waals surface area contributed by atoms with Gasteiger partial charge in [-0.3, -0.25) is 10.1 Å². The fourth-order valence-corrected chi connectivity index (χ4v) is 5.03. The minimum Gasteiger partial charge on any atom is -0.313 e. The fraction of sp³-hybridized carbons (Fsp3) is 0.625. The summed E-state index contributed by atoms with van der Waals surface area (Å²) in [5.74, 6) is 0.680. The molecule has 4 nitrogen and oxygen atoms in total. The van der Waals surface area contributed by atoms with Gasteiger partial charge < -0.3 is 5.32 Å². The highest BCUT2D eigenvalue weighted by atomic mass is 16.6. The van der Waals surface area contributed by atoms with E-state index in [0.29, 0.717) is 12.0 Å². The molecule has 1 aromatic rings. The van der Waals surface area contributed by atoms with Crippen molar-refractivity contribution in [3.8, 4) is 0 Å². The lowest BCUT2D eigenvalue weighted by atomic mass is 9.53. The zero-order valence-corrected chi connectivity index (χ0v) is 11.6. The molecule has 2 bridgehead atoms. The van der Waals surface area contributed by atoms with Gasteiger partial charge in [-0.05, 0) is 49.3 Å². The van der Waals surface area contributed by atoms with Crippen LogP contribution in [0.25, 0.3) is 0 Å². The number of fused-ring (bicyclic) bond motifs is 1. The van der Waals surface area contributed by atoms with Crippen LogP contribution in [0.5, 0.6) is 0 Å². The van der Waals surface area contributed by atoms with Crippen LogP contribution < -0.4 is 5.32 Å². The van der Waals surface area contributed by atoms with E-state index < -0.39 is 0 Å². The molecular weight excluding hydrogens is 252 g/mol. The molecule has 3 aliphatic rings. The van der Waals surface area contributed by atoms with Crippen LogP contribution in [0.4, 0.5) is 5.69 Å². The Morgan fingerprint density at radius 3 is 3.05 bits per heavy atom. The molecule has 1 aromatic carbocycles. The number of non-ortho nitro benzene ring substituents is 1. The van der Waals surface area contributed by atoms with E-state index in [1.165, 1.54) is 36.8 Å². The van der Waals surface area contributed by atoms with Gasteiger partial charge in [0.2, 0.25) is 0 Å². The molecule has 1 saturated heterocycles. The Labute approximate surface area is 118 Å². The molecule has 4 rings (SSSR count). The van der Waals surface area contributed by atoms with Crippen molar-refractivity contribution in [2.45, 2.75) is 50.0 Å². The molecular formula is C16H20N2O2. The first-order valence-corrected chi connectivity index (χ1v) is 7.72. The molecule has 3 atom stereocenters. The second kappa shape index (κ2) is 4.29. The van der Waals surface area contributed by atoms with Crippen molar-refractivity contribution in [1.29, 1.82) is 0 Å². The second-order valence-corrected chi connectivity index (χ2v) is 6.62. The van der Waals surface area contributed by atoms with Crippen molar-refractivity contribution >= 4 is 5.69 Å². The molecule has 1 aliphatic heterocycles. The topological polar surface area (TPSA) is 55.2 Å². The van der Waals surface area contributed by atoms with E-state index in [4.69, 9.17) is 0 Å². The van der Waals surface area contributed by atoms with Crippen LogP contribution in [0, 0.1) is 16.0 Å². The maximum absolute atomic E-state index is 11.1. The van der Waals surface area contributed by atoms with E-state index in [2.05, 4.69) is 5.32 Å². The van der Waals surface area contributed by atoms with Crippen LogP contribution in [0.3, 0.4) is 0 Å². The molecule has 0 unspecified atom stereocenters. The average Bonchev–Trinajstić information content (AvgIpc) is 2.46. The molecule has 20 heavy (non-hydrogen) atoms. The standard InChI is InChI=1S/C16H20N2O2/c19-18(20)12-5-4-11-9-15-13-3-1-2-6-16(13,7-8-17-15)14(11)10-12/h4-5,10,13,15,17H,1-3,6-9H2/t13-,15+,16+/m0/s1. The van der Waals surface area contributed by atoms with Gasteiger partial charge in [0.15, 0.2) is 0 Å². The largest absolute Gasteiger partial charge is 0.313 e. The van der Waals surface area contributed by atoms with Gasteiger partial charge in [0.25, 0.3) is 5.69 Å². The second-order valence-electron chi connectivity index (χ2n) is 6.62. The predicted octanol–water partition coefficient (Wildman–Crippen LogP) is 2.94. The number of nitro groups is 1. The highest BCUT2D eigenvalue weighted by Crippen LogP contribution is 2.54. The van der Waals surface area contributed by atoms with Gasteiger partial charge in [-0.25, -0.2) is 0 Å². The Morgan fingerprint density at radius 1 is 1.30 bits per heavy atom. The van der Waals surface area contributed by atoms with Crippen LogP contribution in [-0.4, -0.2) is 17.5 Å². The summed E-state index contributed by atoms with van der Waals surface area (Å²) in [4.78, 5) is 10.9. The summed E-state index contributed by atoms with van der Waals surface area (Å²) in [5, 5.41) is 14.8. The molecule has 0 amide bonds. The van der Waals surface area contributed by atoms with Gasteiger partial charge in [0.1, 0.15) is 0 Å². The Kier molecular flexibility index (Phi) is 2.64. The zero-order valence-electron chi connectivity index (χ0n) is 11.6. The van der Waals surface area contributed by atoms with Crippen molar-refractivity contribution in [2.75, 3.05) is 6.54 Å². The molecule has 1 N–H and O–H groups in total. The van der Waals surface area contributed by atoms with E-state index in [1.807, 2.05) is 12.1 Å². The summed E-state index contributed by atoms with van der Waals surface area (Å²) in [5.41, 5.74) is 3.12. The molecule has 0 aromatic heterocycles. The lowest BCUT2D eigenvalue weighted by molar-refractivity contribution is -0.385. The number of hydrogen-bond donors (Lipinski definition) is 1. The lowest BCUT2D eigenvalue weighted by Gasteiger charge is -2.55. The quantitative estimate of drug-likeness (QED) is 0.631. The van der Waals surface area contributed by atoms with E-state index in [1.54, 1.807) is 6.07 Å². The molecule has 2 fully saturated rings. The molecule has 0 radical (unpaired) electrons. The maximum atomic E-state index is 11.1. The zero-order chi connectivity index (χ0) is 13.7. The van der Waals surface area contributed by atoms with Gasteiger partial charge in [-0.2, -0.15) is 0 Å². The number of benzene rings is 1. The Balaban J connectivity index is 1.89. The maximum Gasteiger partial charge on any atom is 0.269 e. The molecule has 4 heteroatoms. The number of nitro benzene ring substituents is 1. The minimum atomic E-state index is -0.248. The normalized spacial score (nSPS) is 35.0. The number of hydrogen-bond acceptors (Lipinski definition) is 3. The highest BCUT2D eigenvalue weighted by molar-refractivity contribution is 5.48. The number of nitrogens with zero attached hydrogens (tertiary/aromatic N) is 1. The molecule has 1 saturated carbocycles. The monoisotopic (exact) mass is 272 g/mol. The third-order valence-corrected chi connectivity index (χ3v) is 5.84. The first kappa shape index (κ1) is 12.3. The van der Waals surface area contributed by atoms with Crippen LogP contribution in [0.15, 0.2) is 18.2 Å². The SMILES string of the molecule is O=[N+]([O-])c1ccc2c(c1)[C@@]13CCCC[C@H]1[C@@H](C2)NCC3. The third-order valence-electron chi connectivity index (χ3n) is 5.84. The van der Waals surface area contributed by atoms with Crippen molar-refractivity contribution in [2.24, 2.45) is 5.92 Å². The molecule has 106 valence electrons. The van der Waals surface area contributed by atoms with E-state index in [-0.39, 0.29) is 16.0 Å². The van der Waals surface area contributed by atoms with Gasteiger partial charge in [0, 0.05) is 23.6 Å². The van der Waals surface area contributed by atoms with Crippen molar-refractivity contribution < 1.29 is 4.92 Å². The molecule has 1 heterocycles. The van der Waals surface area contributed by atoms with Crippen LogP contribution in [0.2, 0.25) is 0 Å². The van der Waals surface area contributed by atoms with E-state index in [9.17, 15) is 10.1 Å². The van der Waals surface area contributed by atoms with Crippen LogP contribution in [0.1, 0.15) is 43.2 Å². The summed E-state index contributed by atoms with van der Waals surface area (Å²) in [6.45, 7) is 1.06. The summed E-state index contributed by atoms with van der Waals surface area (Å²) < 4.78 is 0. The Bertz CT molecular complexity index is 568. The average molecular weight is 272 g/mol. The summed E-state index contributed by atoms with van der Waals surface area (Å²) >= 11 is 0. The highest BCUT2D eigenvalue weighted by Gasteiger charge is 2.51. The van der Waals surface area contributed by atoms with Gasteiger partial charge in [-0.15, -0.1) is 0 Å². The first-order valence-electron chi connectivity index (χ1n) is 7.72. The van der Waals surface area contributed by atoms with Gasteiger partial charge >= 0.3 is 0 Å². The molecule has 2 aliphatic carbocycles. The number of nitrogens with one attached hydrogen (secondary N) is 1. The first-order chi connectivity index (χ1) is 9.71. The van der Waals surface area contributed by atoms with Crippen molar-refractivity contribution in [1.82, 2.24) is 5.32 Å². The molecule has 0 spiro atoms. The fourth-order valence-electron chi connectivity index (χ4n) is 5.03. The van der Waals surface area contributed by atoms with Gasteiger partial charge in [0.05, 0.1) is 4.92 Å². The van der Waals surface area contributed by atoms with E-state index >= 15 is 0 Å². The Morgan fingerprint density at radius 2 is 2.20 bits per heavy atom. The van der Waals surface area contributed by atoms with E-state index in [0.717, 1.165) is 19.4 Å². The van der Waals surface area contributed by atoms with Crippen LogP contribution in [-0.2, 0) is 11.8 Å². The van der Waals surface area contributed by atoms with Crippen molar-refractivity contribution in [3.63, 3.8) is 0 Å². The minimum absolute atomic E-state index is 0.216. The third kappa shape index (κ3) is 1.57. The van der Waals surface area contributed by atoms with Crippen molar-refractivity contribution in [3.05, 3.63) is 39.4 Å². The number of piperidine rings is 1. The summed E-state index contributed by atoms with van der Waals surface area (Å²) in [7, 11) is 0. The Hall–Kier alpha value is -1.42. The summed E-state index contributed by atoms with van der Waals surface area (Å²) in [6.07, 6.45) is 7.26. The smallest absolute Gasteiger partial charge is 0.269 e. The predicted molar refractivity (Wildman–Crippen MR) is 76.8 cm³/mol. The number of rotatable bonds is 1.